The van der Waals surface area contributed by atoms with E-state index in [1.165, 1.54) is 6.07 Å². The number of hydrogen-bond donors (Lipinski definition) is 0. The molecule has 0 saturated carbocycles. The van der Waals surface area contributed by atoms with E-state index in [4.69, 9.17) is 0 Å². The summed E-state index contributed by atoms with van der Waals surface area (Å²) >= 11 is 3.30. The third kappa shape index (κ3) is 3.99. The molecule has 0 radical (unpaired) electrons. The minimum Gasteiger partial charge on any atom is -0.339 e. The average Bonchev–Trinajstić information content (AvgIpc) is 2.97. The lowest BCUT2D eigenvalue weighted by Crippen LogP contribution is -2.49. The Morgan fingerprint density at radius 1 is 1.21 bits per heavy atom. The van der Waals surface area contributed by atoms with E-state index in [1.54, 1.807) is 28.0 Å². The van der Waals surface area contributed by atoms with E-state index in [1.807, 2.05) is 4.90 Å². The number of halogens is 3. The summed E-state index contributed by atoms with van der Waals surface area (Å²) < 4.78 is 29.4. The molecular weight excluding hydrogens is 382 g/mol. The van der Waals surface area contributed by atoms with Gasteiger partial charge in [-0.1, -0.05) is 12.1 Å². The number of amides is 1. The Labute approximate surface area is 147 Å². The van der Waals surface area contributed by atoms with Crippen molar-refractivity contribution in [2.24, 2.45) is 0 Å². The number of benzene rings is 1. The van der Waals surface area contributed by atoms with Gasteiger partial charge in [-0.05, 0) is 22.0 Å². The number of nitrogens with zero attached hydrogens (tertiary/aromatic N) is 4. The van der Waals surface area contributed by atoms with Crippen LogP contribution in [0.1, 0.15) is 5.56 Å². The summed E-state index contributed by atoms with van der Waals surface area (Å²) in [6, 6.07) is 4.21. The van der Waals surface area contributed by atoms with E-state index in [0.29, 0.717) is 38.3 Å². The molecular formula is C16H17BrF2N4O. The zero-order valence-corrected chi connectivity index (χ0v) is 14.5. The van der Waals surface area contributed by atoms with Crippen LogP contribution in [0.15, 0.2) is 35.1 Å². The van der Waals surface area contributed by atoms with Gasteiger partial charge in [0.15, 0.2) is 11.6 Å². The fourth-order valence-electron chi connectivity index (χ4n) is 2.73. The molecule has 2 aromatic rings. The van der Waals surface area contributed by atoms with Crippen LogP contribution >= 0.6 is 15.9 Å². The van der Waals surface area contributed by atoms with Crippen molar-refractivity contribution in [3.05, 3.63) is 52.3 Å². The highest BCUT2D eigenvalue weighted by Gasteiger charge is 2.22. The van der Waals surface area contributed by atoms with Gasteiger partial charge in [0, 0.05) is 44.5 Å². The molecule has 2 heterocycles. The fourth-order valence-corrected chi connectivity index (χ4v) is 3.06. The lowest BCUT2D eigenvalue weighted by atomic mass is 10.1. The van der Waals surface area contributed by atoms with Crippen LogP contribution in [0.4, 0.5) is 8.78 Å². The number of carbonyl (C=O) groups excluding carboxylic acids is 1. The molecule has 0 bridgehead atoms. The Kier molecular flexibility index (Phi) is 5.25. The monoisotopic (exact) mass is 398 g/mol. The van der Waals surface area contributed by atoms with Crippen molar-refractivity contribution in [1.29, 1.82) is 0 Å². The van der Waals surface area contributed by atoms with Gasteiger partial charge in [0.05, 0.1) is 10.7 Å². The molecule has 0 spiro atoms. The van der Waals surface area contributed by atoms with Crippen LogP contribution in [0.25, 0.3) is 0 Å². The maximum atomic E-state index is 13.7. The second-order valence-electron chi connectivity index (χ2n) is 5.73. The van der Waals surface area contributed by atoms with Crippen LogP contribution in [-0.2, 0) is 17.9 Å². The lowest BCUT2D eigenvalue weighted by Gasteiger charge is -2.34. The van der Waals surface area contributed by atoms with Gasteiger partial charge < -0.3 is 4.90 Å². The molecule has 0 unspecified atom stereocenters. The summed E-state index contributed by atoms with van der Waals surface area (Å²) in [6.45, 7) is 2.94. The SMILES string of the molecule is O=C(Cn1cc(Br)cn1)N1CCN(Cc2cccc(F)c2F)CC1. The van der Waals surface area contributed by atoms with Crippen LogP contribution in [0, 0.1) is 11.6 Å². The number of hydrogen-bond acceptors (Lipinski definition) is 3. The summed E-state index contributed by atoms with van der Waals surface area (Å²) in [4.78, 5) is 16.1. The molecule has 128 valence electrons. The molecule has 1 aromatic heterocycles. The molecule has 0 N–H and O–H groups in total. The minimum atomic E-state index is -0.827. The van der Waals surface area contributed by atoms with Crippen LogP contribution in [0.3, 0.4) is 0 Å². The number of aromatic nitrogens is 2. The highest BCUT2D eigenvalue weighted by atomic mass is 79.9. The fraction of sp³-hybridized carbons (Fsp3) is 0.375. The Balaban J connectivity index is 1.52. The van der Waals surface area contributed by atoms with Crippen LogP contribution in [0.2, 0.25) is 0 Å². The van der Waals surface area contributed by atoms with E-state index in [0.717, 1.165) is 10.5 Å². The van der Waals surface area contributed by atoms with Gasteiger partial charge in [-0.2, -0.15) is 5.10 Å². The molecule has 5 nitrogen and oxygen atoms in total. The second kappa shape index (κ2) is 7.40. The van der Waals surface area contributed by atoms with E-state index < -0.39 is 11.6 Å². The zero-order chi connectivity index (χ0) is 17.1. The van der Waals surface area contributed by atoms with Crippen molar-refractivity contribution >= 4 is 21.8 Å². The van der Waals surface area contributed by atoms with Crippen molar-refractivity contribution in [3.8, 4) is 0 Å². The number of carbonyl (C=O) groups is 1. The van der Waals surface area contributed by atoms with Crippen molar-refractivity contribution in [3.63, 3.8) is 0 Å². The van der Waals surface area contributed by atoms with Crippen molar-refractivity contribution < 1.29 is 13.6 Å². The third-order valence-electron chi connectivity index (χ3n) is 4.05. The summed E-state index contributed by atoms with van der Waals surface area (Å²) in [5.74, 6) is -1.62. The van der Waals surface area contributed by atoms with Crippen molar-refractivity contribution in [1.82, 2.24) is 19.6 Å². The Morgan fingerprint density at radius 2 is 1.96 bits per heavy atom. The highest BCUT2D eigenvalue weighted by molar-refractivity contribution is 9.10. The molecule has 1 fully saturated rings. The average molecular weight is 399 g/mol. The molecule has 0 atom stereocenters. The van der Waals surface area contributed by atoms with Gasteiger partial charge in [-0.25, -0.2) is 8.78 Å². The standard InChI is InChI=1S/C16H17BrF2N4O/c17-13-8-20-23(10-13)11-15(24)22-6-4-21(5-7-22)9-12-2-1-3-14(18)16(12)19/h1-3,8,10H,4-7,9,11H2. The summed E-state index contributed by atoms with van der Waals surface area (Å²) in [5.41, 5.74) is 0.344. The van der Waals surface area contributed by atoms with Crippen molar-refractivity contribution in [2.75, 3.05) is 26.2 Å². The first-order chi connectivity index (χ1) is 11.5. The predicted molar refractivity (Wildman–Crippen MR) is 88.1 cm³/mol. The quantitative estimate of drug-likeness (QED) is 0.792. The van der Waals surface area contributed by atoms with Gasteiger partial charge >= 0.3 is 0 Å². The van der Waals surface area contributed by atoms with E-state index >= 15 is 0 Å². The Hall–Kier alpha value is -1.80. The molecule has 1 amide bonds. The normalized spacial score (nSPS) is 15.7. The first-order valence-electron chi connectivity index (χ1n) is 7.64. The number of rotatable bonds is 4. The maximum Gasteiger partial charge on any atom is 0.244 e. The first kappa shape index (κ1) is 17.0. The van der Waals surface area contributed by atoms with E-state index in [2.05, 4.69) is 21.0 Å². The van der Waals surface area contributed by atoms with Crippen LogP contribution < -0.4 is 0 Å². The first-order valence-corrected chi connectivity index (χ1v) is 8.43. The third-order valence-corrected chi connectivity index (χ3v) is 4.46. The molecule has 8 heteroatoms. The molecule has 1 aromatic carbocycles. The Morgan fingerprint density at radius 3 is 2.62 bits per heavy atom. The minimum absolute atomic E-state index is 0.00202. The molecule has 1 aliphatic rings. The van der Waals surface area contributed by atoms with E-state index in [-0.39, 0.29) is 12.5 Å². The molecule has 0 aliphatic carbocycles. The van der Waals surface area contributed by atoms with Gasteiger partial charge in [-0.15, -0.1) is 0 Å². The van der Waals surface area contributed by atoms with Gasteiger partial charge in [0.2, 0.25) is 5.91 Å². The highest BCUT2D eigenvalue weighted by Crippen LogP contribution is 2.15. The molecule has 3 rings (SSSR count). The van der Waals surface area contributed by atoms with Crippen LogP contribution in [0.5, 0.6) is 0 Å². The molecule has 1 aliphatic heterocycles. The largest absolute Gasteiger partial charge is 0.339 e. The smallest absolute Gasteiger partial charge is 0.244 e. The summed E-state index contributed by atoms with van der Waals surface area (Å²) in [5, 5.41) is 4.07. The topological polar surface area (TPSA) is 41.4 Å². The lowest BCUT2D eigenvalue weighted by molar-refractivity contribution is -0.133. The predicted octanol–water partition coefficient (Wildman–Crippen LogP) is 2.27. The van der Waals surface area contributed by atoms with Gasteiger partial charge in [-0.3, -0.25) is 14.4 Å². The van der Waals surface area contributed by atoms with Crippen molar-refractivity contribution in [2.45, 2.75) is 13.1 Å². The second-order valence-corrected chi connectivity index (χ2v) is 6.64. The Bertz CT molecular complexity index is 729. The van der Waals surface area contributed by atoms with Gasteiger partial charge in [0.1, 0.15) is 6.54 Å². The van der Waals surface area contributed by atoms with E-state index in [9.17, 15) is 13.6 Å². The molecule has 1 saturated heterocycles. The number of piperazine rings is 1. The van der Waals surface area contributed by atoms with Crippen LogP contribution in [-0.4, -0.2) is 51.7 Å². The maximum absolute atomic E-state index is 13.7. The summed E-state index contributed by atoms with van der Waals surface area (Å²) in [7, 11) is 0. The molecule has 24 heavy (non-hydrogen) atoms. The zero-order valence-electron chi connectivity index (χ0n) is 13.0. The summed E-state index contributed by atoms with van der Waals surface area (Å²) in [6.07, 6.45) is 3.39. The van der Waals surface area contributed by atoms with Gasteiger partial charge in [0.25, 0.3) is 0 Å².